The smallest absolute Gasteiger partial charge is 0.126 e. The van der Waals surface area contributed by atoms with Crippen molar-refractivity contribution in [1.82, 2.24) is 0 Å². The van der Waals surface area contributed by atoms with Gasteiger partial charge >= 0.3 is 0 Å². The van der Waals surface area contributed by atoms with Gasteiger partial charge in [0.2, 0.25) is 0 Å². The fraction of sp³-hybridized carbons (Fsp3) is 0.385. The van der Waals surface area contributed by atoms with E-state index in [0.29, 0.717) is 12.5 Å². The van der Waals surface area contributed by atoms with E-state index in [1.54, 1.807) is 0 Å². The van der Waals surface area contributed by atoms with E-state index in [1.807, 2.05) is 31.2 Å². The van der Waals surface area contributed by atoms with Crippen molar-refractivity contribution in [2.24, 2.45) is 0 Å². The Hall–Kier alpha value is -0.950. The van der Waals surface area contributed by atoms with Gasteiger partial charge in [0, 0.05) is 11.4 Å². The molecule has 0 fully saturated rings. The zero-order valence-corrected chi connectivity index (χ0v) is 10.1. The van der Waals surface area contributed by atoms with Crippen molar-refractivity contribution in [3.63, 3.8) is 0 Å². The van der Waals surface area contributed by atoms with Gasteiger partial charge in [0.1, 0.15) is 5.75 Å². The number of para-hydroxylation sites is 1. The standard InChI is InChI=1S/C13H17ClO/c1-3-11(10-14)9-12-7-5-6-8-13(12)15-4-2/h5-9H,3-4,10H2,1-2H3. The molecular formula is C13H17ClO. The highest BCUT2D eigenvalue weighted by atomic mass is 35.5. The van der Waals surface area contributed by atoms with Crippen LogP contribution in [-0.4, -0.2) is 12.5 Å². The Labute approximate surface area is 96.7 Å². The molecule has 1 nitrogen and oxygen atoms in total. The number of hydrogen-bond acceptors (Lipinski definition) is 1. The molecule has 0 N–H and O–H groups in total. The van der Waals surface area contributed by atoms with Crippen LogP contribution in [-0.2, 0) is 0 Å². The summed E-state index contributed by atoms with van der Waals surface area (Å²) in [4.78, 5) is 0. The number of halogens is 1. The molecule has 0 aliphatic rings. The minimum absolute atomic E-state index is 0.580. The Balaban J connectivity index is 2.96. The predicted molar refractivity (Wildman–Crippen MR) is 66.6 cm³/mol. The van der Waals surface area contributed by atoms with Crippen molar-refractivity contribution in [3.8, 4) is 5.75 Å². The summed E-state index contributed by atoms with van der Waals surface area (Å²) in [6, 6.07) is 8.02. The van der Waals surface area contributed by atoms with Gasteiger partial charge in [0.05, 0.1) is 6.61 Å². The lowest BCUT2D eigenvalue weighted by Crippen LogP contribution is -1.94. The van der Waals surface area contributed by atoms with E-state index in [-0.39, 0.29) is 0 Å². The number of ether oxygens (including phenoxy) is 1. The van der Waals surface area contributed by atoms with Crippen molar-refractivity contribution in [2.45, 2.75) is 20.3 Å². The molecule has 0 saturated heterocycles. The summed E-state index contributed by atoms with van der Waals surface area (Å²) >= 11 is 5.84. The molecule has 0 radical (unpaired) electrons. The fourth-order valence-corrected chi connectivity index (χ4v) is 1.61. The molecule has 2 heteroatoms. The Morgan fingerprint density at radius 3 is 2.67 bits per heavy atom. The van der Waals surface area contributed by atoms with Crippen molar-refractivity contribution >= 4 is 17.7 Å². The van der Waals surface area contributed by atoms with Gasteiger partial charge in [-0.3, -0.25) is 0 Å². The molecule has 0 bridgehead atoms. The molecule has 15 heavy (non-hydrogen) atoms. The van der Waals surface area contributed by atoms with E-state index in [2.05, 4.69) is 13.0 Å². The second-order valence-electron chi connectivity index (χ2n) is 3.26. The van der Waals surface area contributed by atoms with Gasteiger partial charge in [-0.25, -0.2) is 0 Å². The minimum Gasteiger partial charge on any atom is -0.493 e. The third-order valence-electron chi connectivity index (χ3n) is 2.20. The quantitative estimate of drug-likeness (QED) is 0.684. The molecule has 0 atom stereocenters. The molecule has 0 aromatic heterocycles. The van der Waals surface area contributed by atoms with E-state index in [4.69, 9.17) is 16.3 Å². The Morgan fingerprint density at radius 1 is 1.33 bits per heavy atom. The molecule has 0 heterocycles. The zero-order chi connectivity index (χ0) is 11.1. The topological polar surface area (TPSA) is 9.23 Å². The van der Waals surface area contributed by atoms with Crippen LogP contribution in [0.1, 0.15) is 25.8 Å². The van der Waals surface area contributed by atoms with Gasteiger partial charge in [-0.1, -0.05) is 36.8 Å². The second kappa shape index (κ2) is 6.52. The third kappa shape index (κ3) is 3.60. The van der Waals surface area contributed by atoms with Gasteiger partial charge < -0.3 is 4.74 Å². The Bertz CT molecular complexity index is 325. The molecule has 1 aromatic carbocycles. The van der Waals surface area contributed by atoms with E-state index in [1.165, 1.54) is 5.57 Å². The average molecular weight is 225 g/mol. The molecule has 0 saturated carbocycles. The van der Waals surface area contributed by atoms with Crippen LogP contribution < -0.4 is 4.74 Å². The molecule has 0 spiro atoms. The number of hydrogen-bond donors (Lipinski definition) is 0. The Kier molecular flexibility index (Phi) is 5.27. The summed E-state index contributed by atoms with van der Waals surface area (Å²) in [5.74, 6) is 1.51. The molecular weight excluding hydrogens is 208 g/mol. The third-order valence-corrected chi connectivity index (χ3v) is 2.55. The lowest BCUT2D eigenvalue weighted by Gasteiger charge is -2.07. The van der Waals surface area contributed by atoms with Crippen LogP contribution in [0, 0.1) is 0 Å². The number of allylic oxidation sites excluding steroid dienone is 1. The first-order valence-corrected chi connectivity index (χ1v) is 5.82. The number of benzene rings is 1. The van der Waals surface area contributed by atoms with Crippen LogP contribution in [0.2, 0.25) is 0 Å². The second-order valence-corrected chi connectivity index (χ2v) is 3.53. The molecule has 0 amide bonds. The van der Waals surface area contributed by atoms with Crippen LogP contribution >= 0.6 is 11.6 Å². The maximum absolute atomic E-state index is 5.84. The summed E-state index contributed by atoms with van der Waals surface area (Å²) < 4.78 is 5.54. The van der Waals surface area contributed by atoms with Crippen LogP contribution in [0.15, 0.2) is 29.8 Å². The lowest BCUT2D eigenvalue weighted by molar-refractivity contribution is 0.339. The van der Waals surface area contributed by atoms with Crippen molar-refractivity contribution in [2.75, 3.05) is 12.5 Å². The fourth-order valence-electron chi connectivity index (χ4n) is 1.34. The highest BCUT2D eigenvalue weighted by Crippen LogP contribution is 2.22. The van der Waals surface area contributed by atoms with Gasteiger partial charge in [-0.05, 0) is 19.4 Å². The molecule has 1 rings (SSSR count). The van der Waals surface area contributed by atoms with Gasteiger partial charge in [-0.2, -0.15) is 0 Å². The van der Waals surface area contributed by atoms with E-state index in [0.717, 1.165) is 17.7 Å². The molecule has 0 aliphatic carbocycles. The summed E-state index contributed by atoms with van der Waals surface area (Å²) in [5, 5.41) is 0. The van der Waals surface area contributed by atoms with Gasteiger partial charge in [-0.15, -0.1) is 11.6 Å². The first-order chi connectivity index (χ1) is 7.31. The van der Waals surface area contributed by atoms with E-state index < -0.39 is 0 Å². The monoisotopic (exact) mass is 224 g/mol. The minimum atomic E-state index is 0.580. The molecule has 0 unspecified atom stereocenters. The van der Waals surface area contributed by atoms with Crippen LogP contribution in [0.5, 0.6) is 5.75 Å². The van der Waals surface area contributed by atoms with Gasteiger partial charge in [0.15, 0.2) is 0 Å². The molecule has 82 valence electrons. The summed E-state index contributed by atoms with van der Waals surface area (Å²) in [6.07, 6.45) is 3.09. The zero-order valence-electron chi connectivity index (χ0n) is 9.29. The van der Waals surface area contributed by atoms with Crippen LogP contribution in [0.3, 0.4) is 0 Å². The maximum Gasteiger partial charge on any atom is 0.126 e. The van der Waals surface area contributed by atoms with Crippen molar-refractivity contribution in [3.05, 3.63) is 35.4 Å². The van der Waals surface area contributed by atoms with Crippen molar-refractivity contribution in [1.29, 1.82) is 0 Å². The van der Waals surface area contributed by atoms with Gasteiger partial charge in [0.25, 0.3) is 0 Å². The van der Waals surface area contributed by atoms with E-state index >= 15 is 0 Å². The largest absolute Gasteiger partial charge is 0.493 e. The first kappa shape index (κ1) is 12.1. The highest BCUT2D eigenvalue weighted by Gasteiger charge is 2.00. The number of alkyl halides is 1. The average Bonchev–Trinajstić information content (AvgIpc) is 2.28. The Morgan fingerprint density at radius 2 is 2.07 bits per heavy atom. The normalized spacial score (nSPS) is 11.5. The highest BCUT2D eigenvalue weighted by molar-refractivity contribution is 6.19. The summed E-state index contributed by atoms with van der Waals surface area (Å²) in [7, 11) is 0. The predicted octanol–water partition coefficient (Wildman–Crippen LogP) is 4.12. The lowest BCUT2D eigenvalue weighted by atomic mass is 10.1. The molecule has 1 aromatic rings. The summed E-state index contributed by atoms with van der Waals surface area (Å²) in [6.45, 7) is 4.79. The van der Waals surface area contributed by atoms with Crippen LogP contribution in [0.25, 0.3) is 6.08 Å². The SMILES string of the molecule is CCOc1ccccc1C=C(CC)CCl. The molecule has 0 aliphatic heterocycles. The maximum atomic E-state index is 5.84. The van der Waals surface area contributed by atoms with E-state index in [9.17, 15) is 0 Å². The van der Waals surface area contributed by atoms with Crippen LogP contribution in [0.4, 0.5) is 0 Å². The first-order valence-electron chi connectivity index (χ1n) is 5.29. The summed E-state index contributed by atoms with van der Waals surface area (Å²) in [5.41, 5.74) is 2.33. The van der Waals surface area contributed by atoms with Crippen molar-refractivity contribution < 1.29 is 4.74 Å². The number of rotatable bonds is 5.